The molecule has 1 saturated carbocycles. The van der Waals surface area contributed by atoms with E-state index in [4.69, 9.17) is 0 Å². The monoisotopic (exact) mass is 466 g/mol. The molecule has 3 aromatic rings. The second-order valence-corrected chi connectivity index (χ2v) is 8.15. The molecule has 0 aliphatic heterocycles. The van der Waals surface area contributed by atoms with Crippen molar-refractivity contribution in [3.63, 3.8) is 0 Å². The topological polar surface area (TPSA) is 44.1 Å². The van der Waals surface area contributed by atoms with Crippen LogP contribution in [-0.2, 0) is 6.42 Å². The van der Waals surface area contributed by atoms with E-state index in [9.17, 15) is 18.0 Å². The van der Waals surface area contributed by atoms with Crippen molar-refractivity contribution in [2.24, 2.45) is 5.92 Å². The predicted molar refractivity (Wildman–Crippen MR) is 108 cm³/mol. The lowest BCUT2D eigenvalue weighted by Crippen LogP contribution is -2.25. The zero-order valence-electron chi connectivity index (χ0n) is 15.6. The summed E-state index contributed by atoms with van der Waals surface area (Å²) in [4.78, 5) is 17.2. The van der Waals surface area contributed by atoms with Gasteiger partial charge in [0.1, 0.15) is 5.75 Å². The van der Waals surface area contributed by atoms with E-state index in [1.54, 1.807) is 18.2 Å². The molecule has 0 bridgehead atoms. The Bertz CT molecular complexity index is 1140. The minimum atomic E-state index is -4.84. The molecule has 1 aromatic heterocycles. The van der Waals surface area contributed by atoms with Gasteiger partial charge in [-0.2, -0.15) is 4.98 Å². The third kappa shape index (κ3) is 4.32. The summed E-state index contributed by atoms with van der Waals surface area (Å²) in [6.07, 6.45) is -0.978. The summed E-state index contributed by atoms with van der Waals surface area (Å²) in [5.41, 5.74) is 1.81. The highest BCUT2D eigenvalue weighted by atomic mass is 79.9. The highest BCUT2D eigenvalue weighted by molar-refractivity contribution is 9.10. The Morgan fingerprint density at radius 3 is 2.62 bits per heavy atom. The van der Waals surface area contributed by atoms with Crippen molar-refractivity contribution in [2.75, 3.05) is 0 Å². The molecular weight excluding hydrogens is 449 g/mol. The molecule has 1 fully saturated rings. The molecule has 0 amide bonds. The third-order valence-corrected chi connectivity index (χ3v) is 5.71. The van der Waals surface area contributed by atoms with E-state index < -0.39 is 17.8 Å². The van der Waals surface area contributed by atoms with Gasteiger partial charge in [0.15, 0.2) is 0 Å². The third-order valence-electron chi connectivity index (χ3n) is 5.09. The van der Waals surface area contributed by atoms with Gasteiger partial charge in [-0.05, 0) is 59.3 Å². The van der Waals surface area contributed by atoms with Gasteiger partial charge in [0, 0.05) is 11.5 Å². The molecule has 2 aromatic carbocycles. The first-order valence-electron chi connectivity index (χ1n) is 9.30. The fourth-order valence-electron chi connectivity index (χ4n) is 3.48. The average molecular weight is 467 g/mol. The van der Waals surface area contributed by atoms with Crippen LogP contribution in [0.5, 0.6) is 5.75 Å². The first-order valence-corrected chi connectivity index (χ1v) is 10.1. The molecular formula is C21H18BrF3N2O2. The van der Waals surface area contributed by atoms with Crippen molar-refractivity contribution in [1.29, 1.82) is 0 Å². The summed E-state index contributed by atoms with van der Waals surface area (Å²) in [5.74, 6) is 0.244. The van der Waals surface area contributed by atoms with Crippen molar-refractivity contribution >= 4 is 26.8 Å². The van der Waals surface area contributed by atoms with E-state index in [0.29, 0.717) is 34.6 Å². The Morgan fingerprint density at radius 2 is 1.97 bits per heavy atom. The van der Waals surface area contributed by atoms with Gasteiger partial charge >= 0.3 is 12.1 Å². The van der Waals surface area contributed by atoms with E-state index in [0.717, 1.165) is 12.0 Å². The van der Waals surface area contributed by atoms with Crippen LogP contribution in [0, 0.1) is 12.8 Å². The molecule has 0 spiro atoms. The van der Waals surface area contributed by atoms with Gasteiger partial charge in [-0.15, -0.1) is 13.2 Å². The lowest BCUT2D eigenvalue weighted by atomic mass is 10.1. The van der Waals surface area contributed by atoms with E-state index in [1.807, 2.05) is 19.1 Å². The fraction of sp³-hybridized carbons (Fsp3) is 0.333. The van der Waals surface area contributed by atoms with Crippen LogP contribution < -0.4 is 10.4 Å². The van der Waals surface area contributed by atoms with Crippen LogP contribution in [0.15, 0.2) is 45.7 Å². The van der Waals surface area contributed by atoms with Crippen molar-refractivity contribution in [3.05, 3.63) is 62.6 Å². The summed E-state index contributed by atoms with van der Waals surface area (Å²) < 4.78 is 44.3. The standard InChI is InChI=1S/C21H18BrF3N2O2/c1-12-4-2-3-5-17(12)27-18-11-19(29-21(23,24)25)15(22)10-14(18)16(26-20(27)28)9-8-13-6-7-13/h2-5,10-11,13H,6-9H2,1H3. The number of hydrogen-bond acceptors (Lipinski definition) is 3. The number of halogens is 4. The SMILES string of the molecule is Cc1ccccc1-n1c(=O)nc(CCC2CC2)c2cc(Br)c(OC(F)(F)F)cc21. The largest absolute Gasteiger partial charge is 0.573 e. The lowest BCUT2D eigenvalue weighted by Gasteiger charge is -2.17. The normalized spacial score (nSPS) is 14.4. The molecule has 0 radical (unpaired) electrons. The number of rotatable bonds is 5. The Kier molecular flexibility index (Phi) is 5.14. The summed E-state index contributed by atoms with van der Waals surface area (Å²) >= 11 is 3.17. The molecule has 0 N–H and O–H groups in total. The minimum absolute atomic E-state index is 0.159. The molecule has 0 unspecified atom stereocenters. The van der Waals surface area contributed by atoms with Crippen LogP contribution in [0.4, 0.5) is 13.2 Å². The number of fused-ring (bicyclic) bond motifs is 1. The molecule has 1 aliphatic rings. The van der Waals surface area contributed by atoms with Crippen LogP contribution in [0.25, 0.3) is 16.6 Å². The van der Waals surface area contributed by atoms with Crippen molar-refractivity contribution in [1.82, 2.24) is 9.55 Å². The molecule has 4 rings (SSSR count). The maximum atomic E-state index is 12.9. The van der Waals surface area contributed by atoms with Gasteiger partial charge in [-0.3, -0.25) is 4.57 Å². The van der Waals surface area contributed by atoms with Gasteiger partial charge in [0.2, 0.25) is 0 Å². The summed E-state index contributed by atoms with van der Waals surface area (Å²) in [5, 5.41) is 0.634. The number of hydrogen-bond donors (Lipinski definition) is 0. The van der Waals surface area contributed by atoms with Gasteiger partial charge in [0.05, 0.1) is 21.4 Å². The van der Waals surface area contributed by atoms with E-state index in [2.05, 4.69) is 25.7 Å². The maximum absolute atomic E-state index is 12.9. The molecule has 4 nitrogen and oxygen atoms in total. The van der Waals surface area contributed by atoms with Crippen molar-refractivity contribution < 1.29 is 17.9 Å². The van der Waals surface area contributed by atoms with E-state index in [-0.39, 0.29) is 4.47 Å². The Morgan fingerprint density at radius 1 is 1.24 bits per heavy atom. The highest BCUT2D eigenvalue weighted by Crippen LogP contribution is 2.37. The van der Waals surface area contributed by atoms with E-state index in [1.165, 1.54) is 23.5 Å². The number of benzene rings is 2. The first-order chi connectivity index (χ1) is 13.7. The van der Waals surface area contributed by atoms with Crippen LogP contribution in [0.1, 0.15) is 30.5 Å². The number of ether oxygens (including phenoxy) is 1. The number of nitrogens with zero attached hydrogens (tertiary/aromatic N) is 2. The molecule has 1 aliphatic carbocycles. The molecule has 152 valence electrons. The van der Waals surface area contributed by atoms with Crippen LogP contribution in [-0.4, -0.2) is 15.9 Å². The number of aromatic nitrogens is 2. The zero-order chi connectivity index (χ0) is 20.8. The maximum Gasteiger partial charge on any atom is 0.573 e. The molecule has 1 heterocycles. The fourth-order valence-corrected chi connectivity index (χ4v) is 3.90. The van der Waals surface area contributed by atoms with Gasteiger partial charge < -0.3 is 4.74 Å². The highest BCUT2D eigenvalue weighted by Gasteiger charge is 2.32. The Labute approximate surface area is 173 Å². The average Bonchev–Trinajstić information content (AvgIpc) is 3.45. The van der Waals surface area contributed by atoms with Crippen LogP contribution in [0.2, 0.25) is 0 Å². The van der Waals surface area contributed by atoms with Crippen molar-refractivity contribution in [3.8, 4) is 11.4 Å². The second-order valence-electron chi connectivity index (χ2n) is 7.29. The Balaban J connectivity index is 1.96. The number of aryl methyl sites for hydroxylation is 2. The quantitative estimate of drug-likeness (QED) is 0.484. The van der Waals surface area contributed by atoms with Gasteiger partial charge in [-0.25, -0.2) is 4.79 Å². The lowest BCUT2D eigenvalue weighted by molar-refractivity contribution is -0.274. The molecule has 8 heteroatoms. The van der Waals surface area contributed by atoms with Crippen molar-refractivity contribution in [2.45, 2.75) is 39.0 Å². The molecule has 0 saturated heterocycles. The van der Waals surface area contributed by atoms with Crippen LogP contribution >= 0.6 is 15.9 Å². The van der Waals surface area contributed by atoms with Gasteiger partial charge in [0.25, 0.3) is 0 Å². The summed E-state index contributed by atoms with van der Waals surface area (Å²) in [6.45, 7) is 1.83. The summed E-state index contributed by atoms with van der Waals surface area (Å²) in [6, 6.07) is 9.99. The number of alkyl halides is 3. The predicted octanol–water partition coefficient (Wildman–Crippen LogP) is 5.70. The zero-order valence-corrected chi connectivity index (χ0v) is 17.2. The molecule has 29 heavy (non-hydrogen) atoms. The minimum Gasteiger partial charge on any atom is -0.405 e. The first kappa shape index (κ1) is 19.9. The van der Waals surface area contributed by atoms with Gasteiger partial charge in [-0.1, -0.05) is 31.0 Å². The van der Waals surface area contributed by atoms with Crippen LogP contribution in [0.3, 0.4) is 0 Å². The smallest absolute Gasteiger partial charge is 0.405 e. The Hall–Kier alpha value is -2.35. The number of para-hydroxylation sites is 1. The van der Waals surface area contributed by atoms with E-state index >= 15 is 0 Å². The molecule has 0 atom stereocenters. The second kappa shape index (κ2) is 7.48. The summed E-state index contributed by atoms with van der Waals surface area (Å²) in [7, 11) is 0.